The van der Waals surface area contributed by atoms with E-state index in [0.29, 0.717) is 23.1 Å². The lowest BCUT2D eigenvalue weighted by molar-refractivity contribution is -0.124. The Balaban J connectivity index is 1.64. The second-order valence-electron chi connectivity index (χ2n) is 9.25. The molecule has 0 unspecified atom stereocenters. The summed E-state index contributed by atoms with van der Waals surface area (Å²) in [5, 5.41) is 7.49. The van der Waals surface area contributed by atoms with Gasteiger partial charge in [0.25, 0.3) is 5.91 Å². The van der Waals surface area contributed by atoms with E-state index in [4.69, 9.17) is 32.7 Å². The van der Waals surface area contributed by atoms with Crippen LogP contribution in [0.5, 0.6) is 11.5 Å². The molecule has 0 bridgehead atoms. The van der Waals surface area contributed by atoms with Crippen molar-refractivity contribution in [3.8, 4) is 11.5 Å². The summed E-state index contributed by atoms with van der Waals surface area (Å²) in [6, 6.07) is 9.54. The molecule has 0 saturated carbocycles. The van der Waals surface area contributed by atoms with Crippen molar-refractivity contribution in [3.63, 3.8) is 0 Å². The number of hydrogen-bond donors (Lipinski definition) is 2. The van der Waals surface area contributed by atoms with Gasteiger partial charge in [0.15, 0.2) is 18.1 Å². The van der Waals surface area contributed by atoms with Gasteiger partial charge in [-0.2, -0.15) is 0 Å². The van der Waals surface area contributed by atoms with Gasteiger partial charge in [-0.3, -0.25) is 4.79 Å². The Morgan fingerprint density at radius 1 is 1.03 bits per heavy atom. The second kappa shape index (κ2) is 11.2. The minimum Gasteiger partial charge on any atom is -0.493 e. The first-order valence-electron chi connectivity index (χ1n) is 11.2. The van der Waals surface area contributed by atoms with Gasteiger partial charge in [-0.25, -0.2) is 0 Å². The summed E-state index contributed by atoms with van der Waals surface area (Å²) in [7, 11) is 1.56. The van der Waals surface area contributed by atoms with E-state index >= 15 is 0 Å². The van der Waals surface area contributed by atoms with Crippen LogP contribution in [0.25, 0.3) is 0 Å². The maximum atomic E-state index is 12.1. The van der Waals surface area contributed by atoms with Crippen LogP contribution in [0.4, 0.5) is 11.4 Å². The van der Waals surface area contributed by atoms with Gasteiger partial charge in [-0.1, -0.05) is 23.2 Å². The average molecular weight is 494 g/mol. The topological polar surface area (TPSA) is 62.8 Å². The molecule has 3 rings (SSSR count). The summed E-state index contributed by atoms with van der Waals surface area (Å²) in [5.41, 5.74) is 2.51. The molecular formula is C25H33Cl2N3O3. The average Bonchev–Trinajstić information content (AvgIpc) is 2.76. The van der Waals surface area contributed by atoms with Gasteiger partial charge in [-0.15, -0.1) is 0 Å². The van der Waals surface area contributed by atoms with Crippen molar-refractivity contribution < 1.29 is 14.3 Å². The Kier molecular flexibility index (Phi) is 8.60. The number of hydrogen-bond acceptors (Lipinski definition) is 5. The summed E-state index contributed by atoms with van der Waals surface area (Å²) in [4.78, 5) is 14.4. The predicted molar refractivity (Wildman–Crippen MR) is 136 cm³/mol. The van der Waals surface area contributed by atoms with Gasteiger partial charge in [0.05, 0.1) is 17.8 Å². The van der Waals surface area contributed by atoms with Crippen molar-refractivity contribution in [1.82, 2.24) is 5.32 Å². The molecule has 33 heavy (non-hydrogen) atoms. The summed E-state index contributed by atoms with van der Waals surface area (Å²) >= 11 is 13.1. The van der Waals surface area contributed by atoms with E-state index in [0.717, 1.165) is 35.1 Å². The summed E-state index contributed by atoms with van der Waals surface area (Å²) < 4.78 is 11.1. The highest BCUT2D eigenvalue weighted by Crippen LogP contribution is 2.35. The normalized spacial score (nSPS) is 14.1. The smallest absolute Gasteiger partial charge is 0.258 e. The van der Waals surface area contributed by atoms with Crippen LogP contribution in [0, 0.1) is 0 Å². The molecular weight excluding hydrogens is 461 g/mol. The molecule has 2 aromatic carbocycles. The number of carbonyl (C=O) groups excluding carboxylic acids is 1. The van der Waals surface area contributed by atoms with Crippen molar-refractivity contribution in [2.45, 2.75) is 52.1 Å². The first-order valence-corrected chi connectivity index (χ1v) is 12.0. The van der Waals surface area contributed by atoms with Crippen LogP contribution >= 0.6 is 23.2 Å². The molecule has 0 aromatic heterocycles. The van der Waals surface area contributed by atoms with E-state index in [1.54, 1.807) is 13.2 Å². The molecule has 6 nitrogen and oxygen atoms in total. The zero-order valence-corrected chi connectivity index (χ0v) is 21.3. The molecule has 2 N–H and O–H groups in total. The highest BCUT2D eigenvalue weighted by molar-refractivity contribution is 6.33. The number of piperidine rings is 1. The predicted octanol–water partition coefficient (Wildman–Crippen LogP) is 5.90. The first-order chi connectivity index (χ1) is 15.7. The summed E-state index contributed by atoms with van der Waals surface area (Å²) in [6.45, 7) is 8.21. The standard InChI is InChI=1S/C25H33Cl2N3O3/c1-25(2,3)29-24(31)16-33-23-14-19(26)17(12-22(23)32-4)15-28-18-8-9-21(20(27)13-18)30-10-6-5-7-11-30/h8-9,12-14,28H,5-7,10-11,15-16H2,1-4H3,(H,29,31). The third-order valence-electron chi connectivity index (χ3n) is 5.33. The molecule has 0 radical (unpaired) electrons. The van der Waals surface area contributed by atoms with Gasteiger partial charge in [0.2, 0.25) is 0 Å². The number of halogens is 2. The zero-order chi connectivity index (χ0) is 24.0. The van der Waals surface area contributed by atoms with E-state index in [9.17, 15) is 4.79 Å². The van der Waals surface area contributed by atoms with Gasteiger partial charge in [0, 0.05) is 41.9 Å². The van der Waals surface area contributed by atoms with Crippen LogP contribution in [0.15, 0.2) is 30.3 Å². The molecule has 1 amide bonds. The van der Waals surface area contributed by atoms with Gasteiger partial charge >= 0.3 is 0 Å². The Hall–Kier alpha value is -2.31. The fraction of sp³-hybridized carbons (Fsp3) is 0.480. The van der Waals surface area contributed by atoms with Crippen LogP contribution in [-0.2, 0) is 11.3 Å². The number of benzene rings is 2. The van der Waals surface area contributed by atoms with E-state index in [1.807, 2.05) is 39.0 Å². The molecule has 0 spiro atoms. The van der Waals surface area contributed by atoms with E-state index in [-0.39, 0.29) is 18.1 Å². The van der Waals surface area contributed by atoms with Gasteiger partial charge in [0.1, 0.15) is 0 Å². The highest BCUT2D eigenvalue weighted by Gasteiger charge is 2.17. The number of nitrogens with one attached hydrogen (secondary N) is 2. The molecule has 8 heteroatoms. The number of rotatable bonds is 8. The number of amides is 1. The lowest BCUT2D eigenvalue weighted by Gasteiger charge is -2.29. The van der Waals surface area contributed by atoms with Crippen molar-refractivity contribution in [2.75, 3.05) is 37.0 Å². The lowest BCUT2D eigenvalue weighted by atomic mass is 10.1. The second-order valence-corrected chi connectivity index (χ2v) is 10.1. The van der Waals surface area contributed by atoms with Crippen molar-refractivity contribution in [1.29, 1.82) is 0 Å². The fourth-order valence-corrected chi connectivity index (χ4v) is 4.31. The molecule has 1 saturated heterocycles. The third-order valence-corrected chi connectivity index (χ3v) is 5.99. The van der Waals surface area contributed by atoms with E-state index < -0.39 is 0 Å². The minimum atomic E-state index is -0.327. The zero-order valence-electron chi connectivity index (χ0n) is 19.8. The molecule has 180 valence electrons. The highest BCUT2D eigenvalue weighted by atomic mass is 35.5. The quantitative estimate of drug-likeness (QED) is 0.479. The van der Waals surface area contributed by atoms with Gasteiger partial charge in [-0.05, 0) is 69.9 Å². The monoisotopic (exact) mass is 493 g/mol. The van der Waals surface area contributed by atoms with Crippen molar-refractivity contribution >= 4 is 40.5 Å². The Morgan fingerprint density at radius 3 is 2.39 bits per heavy atom. The van der Waals surface area contributed by atoms with Crippen molar-refractivity contribution in [2.24, 2.45) is 0 Å². The number of ether oxygens (including phenoxy) is 2. The molecule has 2 aromatic rings. The lowest BCUT2D eigenvalue weighted by Crippen LogP contribution is -2.43. The molecule has 1 aliphatic heterocycles. The fourth-order valence-electron chi connectivity index (χ4n) is 3.79. The van der Waals surface area contributed by atoms with Crippen LogP contribution < -0.4 is 25.0 Å². The molecule has 1 heterocycles. The largest absolute Gasteiger partial charge is 0.493 e. The van der Waals surface area contributed by atoms with E-state index in [2.05, 4.69) is 21.6 Å². The summed E-state index contributed by atoms with van der Waals surface area (Å²) in [5.74, 6) is 0.721. The number of carbonyl (C=O) groups is 1. The van der Waals surface area contributed by atoms with Gasteiger partial charge < -0.3 is 25.0 Å². The number of anilines is 2. The van der Waals surface area contributed by atoms with E-state index in [1.165, 1.54) is 19.3 Å². The minimum absolute atomic E-state index is 0.122. The molecule has 0 aliphatic carbocycles. The molecule has 1 fully saturated rings. The SMILES string of the molecule is COc1cc(CNc2ccc(N3CCCCC3)c(Cl)c2)c(Cl)cc1OCC(=O)NC(C)(C)C. The van der Waals surface area contributed by atoms with Crippen LogP contribution in [0.1, 0.15) is 45.6 Å². The number of nitrogens with zero attached hydrogens (tertiary/aromatic N) is 1. The van der Waals surface area contributed by atoms with Crippen LogP contribution in [-0.4, -0.2) is 38.3 Å². The van der Waals surface area contributed by atoms with Crippen LogP contribution in [0.3, 0.4) is 0 Å². The summed E-state index contributed by atoms with van der Waals surface area (Å²) in [6.07, 6.45) is 3.70. The van der Waals surface area contributed by atoms with Crippen molar-refractivity contribution in [3.05, 3.63) is 45.9 Å². The third kappa shape index (κ3) is 7.34. The Bertz CT molecular complexity index is 970. The Morgan fingerprint density at radius 2 is 1.76 bits per heavy atom. The first kappa shape index (κ1) is 25.3. The maximum absolute atomic E-state index is 12.1. The number of methoxy groups -OCH3 is 1. The Labute approximate surface area is 206 Å². The molecule has 1 aliphatic rings. The van der Waals surface area contributed by atoms with Crippen LogP contribution in [0.2, 0.25) is 10.0 Å². The molecule has 0 atom stereocenters. The maximum Gasteiger partial charge on any atom is 0.258 e.